The number of rotatable bonds is 5. The number of nitrogens with zero attached hydrogens (tertiary/aromatic N) is 1. The normalized spacial score (nSPS) is 11.8. The van der Waals surface area contributed by atoms with Crippen LogP contribution in [0, 0.1) is 5.82 Å². The van der Waals surface area contributed by atoms with Gasteiger partial charge in [-0.15, -0.1) is 23.1 Å². The highest BCUT2D eigenvalue weighted by atomic mass is 32.2. The fourth-order valence-corrected chi connectivity index (χ4v) is 3.88. The number of benzene rings is 2. The van der Waals surface area contributed by atoms with Crippen LogP contribution in [0.3, 0.4) is 0 Å². The molecule has 23 heavy (non-hydrogen) atoms. The van der Waals surface area contributed by atoms with Gasteiger partial charge in [0.1, 0.15) is 10.8 Å². The van der Waals surface area contributed by atoms with Gasteiger partial charge in [-0.25, -0.2) is 9.37 Å². The smallest absolute Gasteiger partial charge is 0.313 e. The third-order valence-electron chi connectivity index (χ3n) is 3.00. The van der Waals surface area contributed by atoms with E-state index in [2.05, 4.69) is 4.98 Å². The van der Waals surface area contributed by atoms with Gasteiger partial charge in [0.2, 0.25) is 0 Å². The molecule has 0 aliphatic heterocycles. The largest absolute Gasteiger partial charge is 0.481 e. The first-order valence-corrected chi connectivity index (χ1v) is 8.60. The van der Waals surface area contributed by atoms with Gasteiger partial charge in [0, 0.05) is 4.91 Å². The summed E-state index contributed by atoms with van der Waals surface area (Å²) >= 11 is 2.68. The lowest BCUT2D eigenvalue weighted by Gasteiger charge is -2.03. The van der Waals surface area contributed by atoms with Crippen LogP contribution in [0.5, 0.6) is 0 Å². The van der Waals surface area contributed by atoms with Crippen LogP contribution < -0.4 is 0 Å². The lowest BCUT2D eigenvalue weighted by Crippen LogP contribution is -1.98. The maximum Gasteiger partial charge on any atom is 0.313 e. The van der Waals surface area contributed by atoms with Crippen molar-refractivity contribution in [3.05, 3.63) is 64.9 Å². The van der Waals surface area contributed by atoms with Gasteiger partial charge in [-0.05, 0) is 35.9 Å². The molecule has 0 radical (unpaired) electrons. The molecule has 3 nitrogen and oxygen atoms in total. The summed E-state index contributed by atoms with van der Waals surface area (Å²) in [6.45, 7) is 0. The number of para-hydroxylation sites is 1. The Hall–Kier alpha value is -2.18. The van der Waals surface area contributed by atoms with E-state index in [1.54, 1.807) is 18.2 Å². The molecule has 116 valence electrons. The molecule has 6 heteroatoms. The minimum absolute atomic E-state index is 0.0723. The Morgan fingerprint density at radius 1 is 1.26 bits per heavy atom. The Morgan fingerprint density at radius 2 is 2.09 bits per heavy atom. The number of hydrogen-bond acceptors (Lipinski definition) is 4. The molecular weight excluding hydrogens is 333 g/mol. The van der Waals surface area contributed by atoms with Crippen molar-refractivity contribution in [2.24, 2.45) is 0 Å². The third-order valence-corrected chi connectivity index (χ3v) is 5.21. The van der Waals surface area contributed by atoms with Gasteiger partial charge in [-0.3, -0.25) is 4.79 Å². The van der Waals surface area contributed by atoms with Crippen LogP contribution in [0.25, 0.3) is 21.2 Å². The van der Waals surface area contributed by atoms with Crippen molar-refractivity contribution in [1.82, 2.24) is 4.98 Å². The molecule has 0 saturated heterocycles. The number of thioether (sulfide) groups is 1. The van der Waals surface area contributed by atoms with Crippen molar-refractivity contribution in [2.75, 3.05) is 5.75 Å². The summed E-state index contributed by atoms with van der Waals surface area (Å²) < 4.78 is 14.4. The number of carboxylic acids is 1. The Labute approximate surface area is 140 Å². The topological polar surface area (TPSA) is 50.2 Å². The van der Waals surface area contributed by atoms with Crippen molar-refractivity contribution < 1.29 is 14.3 Å². The zero-order valence-electron chi connectivity index (χ0n) is 11.9. The maximum atomic E-state index is 13.4. The minimum atomic E-state index is -0.902. The second kappa shape index (κ2) is 6.93. The van der Waals surface area contributed by atoms with Crippen molar-refractivity contribution >= 4 is 50.3 Å². The van der Waals surface area contributed by atoms with E-state index < -0.39 is 5.97 Å². The van der Waals surface area contributed by atoms with Crippen LogP contribution in [0.15, 0.2) is 48.5 Å². The molecule has 1 heterocycles. The molecular formula is C17H12FNO2S2. The maximum absolute atomic E-state index is 13.4. The predicted octanol–water partition coefficient (Wildman–Crippen LogP) is 4.75. The molecule has 0 saturated carbocycles. The van der Waals surface area contributed by atoms with Crippen molar-refractivity contribution in [2.45, 2.75) is 0 Å². The minimum Gasteiger partial charge on any atom is -0.481 e. The Morgan fingerprint density at radius 3 is 2.83 bits per heavy atom. The molecule has 0 aliphatic carbocycles. The molecule has 0 bridgehead atoms. The molecule has 0 amide bonds. The Bertz CT molecular complexity index is 856. The molecule has 3 aromatic rings. The third kappa shape index (κ3) is 3.97. The summed E-state index contributed by atoms with van der Waals surface area (Å²) in [5.41, 5.74) is 1.55. The lowest BCUT2D eigenvalue weighted by molar-refractivity contribution is -0.133. The highest BCUT2D eigenvalue weighted by Crippen LogP contribution is 2.35. The van der Waals surface area contributed by atoms with Gasteiger partial charge in [0.25, 0.3) is 0 Å². The van der Waals surface area contributed by atoms with Gasteiger partial charge in [0.15, 0.2) is 0 Å². The molecule has 2 aromatic carbocycles. The molecule has 0 fully saturated rings. The summed E-state index contributed by atoms with van der Waals surface area (Å²) in [5.74, 6) is -1.30. The van der Waals surface area contributed by atoms with Gasteiger partial charge < -0.3 is 5.11 Å². The quantitative estimate of drug-likeness (QED) is 0.725. The van der Waals surface area contributed by atoms with Crippen LogP contribution in [0.2, 0.25) is 0 Å². The van der Waals surface area contributed by atoms with Gasteiger partial charge in [-0.1, -0.05) is 24.3 Å². The fraction of sp³-hybridized carbons (Fsp3) is 0.0588. The van der Waals surface area contributed by atoms with Crippen LogP contribution in [0.4, 0.5) is 4.39 Å². The van der Waals surface area contributed by atoms with Crippen molar-refractivity contribution in [3.63, 3.8) is 0 Å². The number of carbonyl (C=O) groups is 1. The van der Waals surface area contributed by atoms with E-state index in [0.29, 0.717) is 5.56 Å². The second-order valence-corrected chi connectivity index (χ2v) is 6.78. The van der Waals surface area contributed by atoms with Crippen LogP contribution in [-0.4, -0.2) is 21.8 Å². The van der Waals surface area contributed by atoms with E-state index in [1.165, 1.54) is 35.2 Å². The Kier molecular flexibility index (Phi) is 4.73. The van der Waals surface area contributed by atoms with E-state index in [9.17, 15) is 9.18 Å². The molecule has 1 N–H and O–H groups in total. The standard InChI is InChI=1S/C17H12FNO2S2/c18-12-5-3-4-11(8-12)9-15(22-10-16(20)21)17-19-13-6-1-2-7-14(13)23-17/h1-9H,10H2,(H,20,21)/b15-9-. The average Bonchev–Trinajstić information content (AvgIpc) is 2.95. The van der Waals surface area contributed by atoms with E-state index in [0.717, 1.165) is 20.1 Å². The lowest BCUT2D eigenvalue weighted by atomic mass is 10.2. The van der Waals surface area contributed by atoms with Crippen LogP contribution in [0.1, 0.15) is 10.6 Å². The number of carboxylic acid groups (broad SMARTS) is 1. The zero-order chi connectivity index (χ0) is 16.2. The molecule has 0 aliphatic rings. The first-order chi connectivity index (χ1) is 11.1. The summed E-state index contributed by atoms with van der Waals surface area (Å²) in [4.78, 5) is 16.2. The molecule has 0 spiro atoms. The number of fused-ring (bicyclic) bond motifs is 1. The zero-order valence-corrected chi connectivity index (χ0v) is 13.5. The number of aliphatic carboxylic acids is 1. The molecule has 1 aromatic heterocycles. The van der Waals surface area contributed by atoms with E-state index in [1.807, 2.05) is 24.3 Å². The number of aromatic nitrogens is 1. The van der Waals surface area contributed by atoms with Crippen molar-refractivity contribution in [3.8, 4) is 0 Å². The van der Waals surface area contributed by atoms with Crippen LogP contribution >= 0.6 is 23.1 Å². The van der Waals surface area contributed by atoms with Gasteiger partial charge in [0.05, 0.1) is 16.0 Å². The van der Waals surface area contributed by atoms with Crippen LogP contribution in [-0.2, 0) is 4.79 Å². The summed E-state index contributed by atoms with van der Waals surface area (Å²) in [6.07, 6.45) is 1.77. The van der Waals surface area contributed by atoms with E-state index >= 15 is 0 Å². The molecule has 3 rings (SSSR count). The molecule has 0 atom stereocenters. The highest BCUT2D eigenvalue weighted by molar-refractivity contribution is 8.09. The monoisotopic (exact) mass is 345 g/mol. The second-order valence-electron chi connectivity index (χ2n) is 4.73. The van der Waals surface area contributed by atoms with E-state index in [4.69, 9.17) is 5.11 Å². The predicted molar refractivity (Wildman–Crippen MR) is 94.0 cm³/mol. The average molecular weight is 345 g/mol. The number of hydrogen-bond donors (Lipinski definition) is 1. The summed E-state index contributed by atoms with van der Waals surface area (Å²) in [6, 6.07) is 13.9. The summed E-state index contributed by atoms with van der Waals surface area (Å²) in [7, 11) is 0. The van der Waals surface area contributed by atoms with Gasteiger partial charge in [-0.2, -0.15) is 0 Å². The van der Waals surface area contributed by atoms with E-state index in [-0.39, 0.29) is 11.6 Å². The SMILES string of the molecule is O=C(O)CS/C(=C\c1cccc(F)c1)c1nc2ccccc2s1. The number of thiazole rings is 1. The number of halogens is 1. The first-order valence-electron chi connectivity index (χ1n) is 6.79. The van der Waals surface area contributed by atoms with Crippen molar-refractivity contribution in [1.29, 1.82) is 0 Å². The Balaban J connectivity index is 2.02. The highest BCUT2D eigenvalue weighted by Gasteiger charge is 2.11. The summed E-state index contributed by atoms with van der Waals surface area (Å²) in [5, 5.41) is 9.67. The first kappa shape index (κ1) is 15.7. The van der Waals surface area contributed by atoms with Gasteiger partial charge >= 0.3 is 5.97 Å². The molecule has 0 unspecified atom stereocenters. The fourth-order valence-electron chi connectivity index (χ4n) is 2.03.